The van der Waals surface area contributed by atoms with Gasteiger partial charge in [-0.15, -0.1) is 11.3 Å². The van der Waals surface area contributed by atoms with Gasteiger partial charge in [0, 0.05) is 4.88 Å². The molecule has 1 N–H and O–H groups in total. The van der Waals surface area contributed by atoms with Crippen molar-refractivity contribution >= 4 is 40.2 Å². The van der Waals surface area contributed by atoms with Gasteiger partial charge in [0.15, 0.2) is 0 Å². The van der Waals surface area contributed by atoms with E-state index in [4.69, 9.17) is 23.2 Å². The first kappa shape index (κ1) is 13.7. The summed E-state index contributed by atoms with van der Waals surface area (Å²) in [5, 5.41) is 6.74. The van der Waals surface area contributed by atoms with E-state index >= 15 is 0 Å². The summed E-state index contributed by atoms with van der Waals surface area (Å²) < 4.78 is 0. The van der Waals surface area contributed by atoms with Gasteiger partial charge in [-0.2, -0.15) is 0 Å². The minimum atomic E-state index is 0.251. The molecule has 0 aliphatic rings. The Balaban J connectivity index is 2.27. The molecule has 1 unspecified atom stereocenters. The summed E-state index contributed by atoms with van der Waals surface area (Å²) in [6.07, 6.45) is 0. The molecule has 0 saturated carbocycles. The number of anilines is 1. The molecule has 1 aromatic heterocycles. The van der Waals surface area contributed by atoms with Crippen LogP contribution in [-0.4, -0.2) is 0 Å². The van der Waals surface area contributed by atoms with Gasteiger partial charge in [0.25, 0.3) is 0 Å². The molecule has 18 heavy (non-hydrogen) atoms. The number of rotatable bonds is 4. The van der Waals surface area contributed by atoms with Crippen LogP contribution >= 0.6 is 34.5 Å². The van der Waals surface area contributed by atoms with Gasteiger partial charge < -0.3 is 5.32 Å². The van der Waals surface area contributed by atoms with Gasteiger partial charge in [-0.25, -0.2) is 0 Å². The third-order valence-electron chi connectivity index (χ3n) is 2.78. The minimum absolute atomic E-state index is 0.251. The maximum Gasteiger partial charge on any atom is 0.0823 e. The Morgan fingerprint density at radius 3 is 2.50 bits per heavy atom. The van der Waals surface area contributed by atoms with E-state index in [0.29, 0.717) is 16.0 Å². The highest BCUT2D eigenvalue weighted by molar-refractivity contribution is 7.10. The van der Waals surface area contributed by atoms with Crippen LogP contribution in [0.2, 0.25) is 10.0 Å². The fourth-order valence-corrected chi connectivity index (χ4v) is 3.12. The lowest BCUT2D eigenvalue weighted by atomic mass is 10.0. The molecule has 0 saturated heterocycles. The second kappa shape index (κ2) is 5.96. The predicted molar refractivity (Wildman–Crippen MR) is 82.0 cm³/mol. The fraction of sp³-hybridized carbons (Fsp3) is 0.286. The van der Waals surface area contributed by atoms with E-state index in [1.54, 1.807) is 17.4 Å². The molecule has 4 heteroatoms. The molecule has 1 atom stereocenters. The molecule has 96 valence electrons. The number of nitrogens with one attached hydrogen (secondary N) is 1. The molecule has 2 aromatic rings. The minimum Gasteiger partial charge on any atom is -0.376 e. The molecule has 0 aliphatic heterocycles. The molecule has 0 amide bonds. The van der Waals surface area contributed by atoms with Gasteiger partial charge in [0.05, 0.1) is 21.8 Å². The molecule has 0 fully saturated rings. The topological polar surface area (TPSA) is 12.0 Å². The van der Waals surface area contributed by atoms with Crippen LogP contribution in [0.3, 0.4) is 0 Å². The Kier molecular flexibility index (Phi) is 4.55. The molecule has 0 radical (unpaired) electrons. The Labute approximate surface area is 122 Å². The lowest BCUT2D eigenvalue weighted by Gasteiger charge is -2.23. The second-order valence-corrected chi connectivity index (χ2v) is 6.25. The van der Waals surface area contributed by atoms with Gasteiger partial charge in [-0.1, -0.05) is 49.2 Å². The zero-order valence-electron chi connectivity index (χ0n) is 10.3. The van der Waals surface area contributed by atoms with Crippen molar-refractivity contribution in [3.63, 3.8) is 0 Å². The SMILES string of the molecule is CC(C)C(Nc1cccc(Cl)c1Cl)c1cccs1. The number of hydrogen-bond donors (Lipinski definition) is 1. The van der Waals surface area contributed by atoms with Crippen LogP contribution in [0.15, 0.2) is 35.7 Å². The summed E-state index contributed by atoms with van der Waals surface area (Å²) in [5.41, 5.74) is 0.885. The van der Waals surface area contributed by atoms with E-state index in [1.807, 2.05) is 12.1 Å². The molecule has 1 heterocycles. The van der Waals surface area contributed by atoms with E-state index in [2.05, 4.69) is 36.7 Å². The van der Waals surface area contributed by atoms with Gasteiger partial charge in [0.1, 0.15) is 0 Å². The fourth-order valence-electron chi connectivity index (χ4n) is 1.82. The third kappa shape index (κ3) is 3.00. The van der Waals surface area contributed by atoms with Crippen molar-refractivity contribution < 1.29 is 0 Å². The molecule has 1 nitrogen and oxygen atoms in total. The monoisotopic (exact) mass is 299 g/mol. The normalized spacial score (nSPS) is 12.7. The standard InChI is InChI=1S/C14H15Cl2NS/c1-9(2)14(12-7-4-8-18-12)17-11-6-3-5-10(15)13(11)16/h3-9,14,17H,1-2H3. The van der Waals surface area contributed by atoms with Crippen molar-refractivity contribution in [3.05, 3.63) is 50.6 Å². The lowest BCUT2D eigenvalue weighted by molar-refractivity contribution is 0.554. The van der Waals surface area contributed by atoms with Gasteiger partial charge in [-0.05, 0) is 29.5 Å². The van der Waals surface area contributed by atoms with Crippen LogP contribution in [0.1, 0.15) is 24.8 Å². The van der Waals surface area contributed by atoms with Gasteiger partial charge >= 0.3 is 0 Å². The van der Waals surface area contributed by atoms with E-state index in [0.717, 1.165) is 5.69 Å². The molecular formula is C14H15Cl2NS. The zero-order chi connectivity index (χ0) is 13.1. The average molecular weight is 300 g/mol. The number of thiophene rings is 1. The Bertz CT molecular complexity index is 509. The summed E-state index contributed by atoms with van der Waals surface area (Å²) >= 11 is 14.0. The van der Waals surface area contributed by atoms with Crippen molar-refractivity contribution in [2.45, 2.75) is 19.9 Å². The Hall–Kier alpha value is -0.700. The summed E-state index contributed by atoms with van der Waals surface area (Å²) in [6, 6.07) is 10.1. The van der Waals surface area contributed by atoms with Crippen LogP contribution < -0.4 is 5.32 Å². The van der Waals surface area contributed by atoms with Gasteiger partial charge in [0.2, 0.25) is 0 Å². The molecule has 0 bridgehead atoms. The largest absolute Gasteiger partial charge is 0.376 e. The highest BCUT2D eigenvalue weighted by Crippen LogP contribution is 2.35. The number of halogens is 2. The third-order valence-corrected chi connectivity index (χ3v) is 4.55. The van der Waals surface area contributed by atoms with E-state index in [9.17, 15) is 0 Å². The van der Waals surface area contributed by atoms with Crippen LogP contribution in [-0.2, 0) is 0 Å². The average Bonchev–Trinajstić information content (AvgIpc) is 2.84. The second-order valence-electron chi connectivity index (χ2n) is 4.48. The molecular weight excluding hydrogens is 285 g/mol. The molecule has 0 spiro atoms. The lowest BCUT2D eigenvalue weighted by Crippen LogP contribution is -2.15. The van der Waals surface area contributed by atoms with Crippen LogP contribution in [0, 0.1) is 5.92 Å². The maximum atomic E-state index is 6.21. The van der Waals surface area contributed by atoms with Crippen molar-refractivity contribution in [1.29, 1.82) is 0 Å². The molecule has 1 aromatic carbocycles. The van der Waals surface area contributed by atoms with Crippen molar-refractivity contribution in [3.8, 4) is 0 Å². The summed E-state index contributed by atoms with van der Waals surface area (Å²) in [6.45, 7) is 4.38. The van der Waals surface area contributed by atoms with E-state index in [1.165, 1.54) is 4.88 Å². The maximum absolute atomic E-state index is 6.21. The van der Waals surface area contributed by atoms with Crippen molar-refractivity contribution in [2.24, 2.45) is 5.92 Å². The first-order valence-corrected chi connectivity index (χ1v) is 7.47. The zero-order valence-corrected chi connectivity index (χ0v) is 12.6. The molecule has 2 rings (SSSR count). The summed E-state index contributed by atoms with van der Waals surface area (Å²) in [5.74, 6) is 0.471. The molecule has 0 aliphatic carbocycles. The van der Waals surface area contributed by atoms with Crippen molar-refractivity contribution in [2.75, 3.05) is 5.32 Å². The Morgan fingerprint density at radius 1 is 1.11 bits per heavy atom. The first-order chi connectivity index (χ1) is 8.59. The highest BCUT2D eigenvalue weighted by atomic mass is 35.5. The Morgan fingerprint density at radius 2 is 1.89 bits per heavy atom. The number of benzene rings is 1. The summed E-state index contributed by atoms with van der Waals surface area (Å²) in [4.78, 5) is 1.31. The quantitative estimate of drug-likeness (QED) is 0.745. The van der Waals surface area contributed by atoms with E-state index < -0.39 is 0 Å². The van der Waals surface area contributed by atoms with Gasteiger partial charge in [-0.3, -0.25) is 0 Å². The smallest absolute Gasteiger partial charge is 0.0823 e. The number of hydrogen-bond acceptors (Lipinski definition) is 2. The summed E-state index contributed by atoms with van der Waals surface area (Å²) in [7, 11) is 0. The first-order valence-electron chi connectivity index (χ1n) is 5.83. The van der Waals surface area contributed by atoms with Crippen molar-refractivity contribution in [1.82, 2.24) is 0 Å². The van der Waals surface area contributed by atoms with E-state index in [-0.39, 0.29) is 6.04 Å². The van der Waals surface area contributed by atoms with Crippen LogP contribution in [0.5, 0.6) is 0 Å². The van der Waals surface area contributed by atoms with Crippen LogP contribution in [0.4, 0.5) is 5.69 Å². The van der Waals surface area contributed by atoms with Crippen LogP contribution in [0.25, 0.3) is 0 Å². The highest BCUT2D eigenvalue weighted by Gasteiger charge is 2.18. The predicted octanol–water partition coefficient (Wildman–Crippen LogP) is 5.86.